The van der Waals surface area contributed by atoms with E-state index in [4.69, 9.17) is 4.99 Å². The van der Waals surface area contributed by atoms with Gasteiger partial charge in [-0.05, 0) is 32.6 Å². The van der Waals surface area contributed by atoms with Crippen LogP contribution in [-0.2, 0) is 24.2 Å². The number of likely N-dealkylation sites (tertiary alicyclic amines) is 1. The van der Waals surface area contributed by atoms with E-state index in [-0.39, 0.29) is 11.9 Å². The Balaban J connectivity index is 1.47. The van der Waals surface area contributed by atoms with Gasteiger partial charge in [-0.2, -0.15) is 0 Å². The molecule has 1 atom stereocenters. The van der Waals surface area contributed by atoms with Crippen molar-refractivity contribution in [3.8, 4) is 0 Å². The van der Waals surface area contributed by atoms with Gasteiger partial charge in [-0.25, -0.2) is 0 Å². The molecule has 2 N–H and O–H groups in total. The Labute approximate surface area is 168 Å². The lowest BCUT2D eigenvalue weighted by atomic mass is 10.2. The highest BCUT2D eigenvalue weighted by Gasteiger charge is 2.25. The first kappa shape index (κ1) is 20.6. The number of aryl methyl sites for hydroxylation is 2. The topological polar surface area (TPSA) is 87.4 Å². The molecule has 0 aromatic carbocycles. The highest BCUT2D eigenvalue weighted by molar-refractivity contribution is 5.80. The fourth-order valence-corrected chi connectivity index (χ4v) is 4.00. The van der Waals surface area contributed by atoms with Crippen molar-refractivity contribution in [3.63, 3.8) is 0 Å². The third-order valence-electron chi connectivity index (χ3n) is 5.54. The summed E-state index contributed by atoms with van der Waals surface area (Å²) in [6.45, 7) is 8.23. The van der Waals surface area contributed by atoms with Crippen molar-refractivity contribution in [3.05, 3.63) is 11.6 Å². The van der Waals surface area contributed by atoms with Gasteiger partial charge in [-0.1, -0.05) is 13.3 Å². The number of carbonyl (C=O) groups excluding carboxylic acids is 1. The molecule has 1 fully saturated rings. The van der Waals surface area contributed by atoms with Gasteiger partial charge in [0.2, 0.25) is 5.91 Å². The maximum absolute atomic E-state index is 11.9. The number of guanidine groups is 1. The first-order valence-electron chi connectivity index (χ1n) is 10.9. The molecule has 0 aliphatic carbocycles. The lowest BCUT2D eigenvalue weighted by Gasteiger charge is -2.18. The highest BCUT2D eigenvalue weighted by atomic mass is 16.2. The second-order valence-corrected chi connectivity index (χ2v) is 7.68. The third kappa shape index (κ3) is 5.45. The van der Waals surface area contributed by atoms with E-state index in [2.05, 4.69) is 32.3 Å². The molecule has 1 saturated heterocycles. The summed E-state index contributed by atoms with van der Waals surface area (Å²) in [4.78, 5) is 18.5. The van der Waals surface area contributed by atoms with Crippen LogP contribution < -0.4 is 10.6 Å². The smallest absolute Gasteiger partial charge is 0.222 e. The molecule has 0 radical (unpaired) electrons. The summed E-state index contributed by atoms with van der Waals surface area (Å²) in [5.41, 5.74) is 0. The van der Waals surface area contributed by atoms with Crippen LogP contribution in [0, 0.1) is 0 Å². The Morgan fingerprint density at radius 3 is 2.93 bits per heavy atom. The van der Waals surface area contributed by atoms with Crippen LogP contribution in [0.15, 0.2) is 4.99 Å². The zero-order chi connectivity index (χ0) is 19.8. The van der Waals surface area contributed by atoms with Crippen LogP contribution in [0.4, 0.5) is 0 Å². The second-order valence-electron chi connectivity index (χ2n) is 7.68. The molecule has 3 rings (SSSR count). The maximum Gasteiger partial charge on any atom is 0.222 e. The molecule has 156 valence electrons. The summed E-state index contributed by atoms with van der Waals surface area (Å²) in [6.07, 6.45) is 8.21. The molecule has 1 amide bonds. The summed E-state index contributed by atoms with van der Waals surface area (Å²) in [5.74, 6) is 3.34. The van der Waals surface area contributed by atoms with Crippen molar-refractivity contribution >= 4 is 11.9 Å². The number of amides is 1. The molecule has 28 heavy (non-hydrogen) atoms. The molecule has 2 aliphatic rings. The molecule has 2 aliphatic heterocycles. The van der Waals surface area contributed by atoms with E-state index in [1.807, 2.05) is 11.8 Å². The van der Waals surface area contributed by atoms with Crippen LogP contribution in [0.25, 0.3) is 0 Å². The zero-order valence-electron chi connectivity index (χ0n) is 17.4. The number of hydrogen-bond donors (Lipinski definition) is 2. The molecule has 8 heteroatoms. The third-order valence-corrected chi connectivity index (χ3v) is 5.54. The number of aliphatic imine (C=N–C) groups is 1. The molecule has 1 aromatic rings. The van der Waals surface area contributed by atoms with E-state index in [1.54, 1.807) is 0 Å². The van der Waals surface area contributed by atoms with Gasteiger partial charge in [0, 0.05) is 58.0 Å². The Bertz CT molecular complexity index is 670. The van der Waals surface area contributed by atoms with E-state index >= 15 is 0 Å². The summed E-state index contributed by atoms with van der Waals surface area (Å²) in [6, 6.07) is 0.278. The molecule has 1 unspecified atom stereocenters. The minimum atomic E-state index is 0.235. The zero-order valence-corrected chi connectivity index (χ0v) is 17.4. The number of hydrogen-bond acceptors (Lipinski definition) is 4. The molecular weight excluding hydrogens is 354 g/mol. The molecule has 3 heterocycles. The van der Waals surface area contributed by atoms with E-state index in [9.17, 15) is 4.79 Å². The van der Waals surface area contributed by atoms with E-state index in [0.29, 0.717) is 6.42 Å². The van der Waals surface area contributed by atoms with Gasteiger partial charge < -0.3 is 20.1 Å². The van der Waals surface area contributed by atoms with Crippen LogP contribution in [-0.4, -0.2) is 63.8 Å². The molecule has 0 spiro atoms. The highest BCUT2D eigenvalue weighted by Crippen LogP contribution is 2.15. The van der Waals surface area contributed by atoms with E-state index in [0.717, 1.165) is 76.0 Å². The standard InChI is InChI=1S/C20H35N7O/c1-3-19(28)26-14-11-16(15-26)23-20(21-4-2)22-12-8-10-18-25-24-17-9-6-5-7-13-27(17)18/h16H,3-15H2,1-2H3,(H2,21,22,23). The summed E-state index contributed by atoms with van der Waals surface area (Å²) >= 11 is 0. The van der Waals surface area contributed by atoms with Crippen molar-refractivity contribution in [2.75, 3.05) is 26.2 Å². The fourth-order valence-electron chi connectivity index (χ4n) is 4.00. The molecule has 0 bridgehead atoms. The van der Waals surface area contributed by atoms with Gasteiger partial charge in [0.05, 0.1) is 0 Å². The quantitative estimate of drug-likeness (QED) is 0.419. The first-order valence-corrected chi connectivity index (χ1v) is 10.9. The number of nitrogens with one attached hydrogen (secondary N) is 2. The fraction of sp³-hybridized carbons (Fsp3) is 0.800. The van der Waals surface area contributed by atoms with Crippen molar-refractivity contribution in [1.82, 2.24) is 30.3 Å². The Kier molecular flexibility index (Phi) is 7.68. The minimum Gasteiger partial charge on any atom is -0.357 e. The lowest BCUT2D eigenvalue weighted by molar-refractivity contribution is -0.129. The lowest BCUT2D eigenvalue weighted by Crippen LogP contribution is -2.45. The van der Waals surface area contributed by atoms with Crippen LogP contribution in [0.1, 0.15) is 64.0 Å². The number of rotatable bonds is 7. The molecule has 0 saturated carbocycles. The van der Waals surface area contributed by atoms with Gasteiger partial charge in [-0.15, -0.1) is 10.2 Å². The number of nitrogens with zero attached hydrogens (tertiary/aromatic N) is 5. The van der Waals surface area contributed by atoms with Crippen molar-refractivity contribution in [2.24, 2.45) is 4.99 Å². The van der Waals surface area contributed by atoms with Crippen molar-refractivity contribution in [1.29, 1.82) is 0 Å². The number of aromatic nitrogens is 3. The van der Waals surface area contributed by atoms with Gasteiger partial charge in [-0.3, -0.25) is 9.79 Å². The summed E-state index contributed by atoms with van der Waals surface area (Å²) in [7, 11) is 0. The monoisotopic (exact) mass is 389 g/mol. The largest absolute Gasteiger partial charge is 0.357 e. The summed E-state index contributed by atoms with van der Waals surface area (Å²) in [5, 5.41) is 15.6. The molecule has 1 aromatic heterocycles. The van der Waals surface area contributed by atoms with Crippen LogP contribution in [0.3, 0.4) is 0 Å². The maximum atomic E-state index is 11.9. The van der Waals surface area contributed by atoms with Crippen LogP contribution in [0.5, 0.6) is 0 Å². The van der Waals surface area contributed by atoms with Crippen LogP contribution >= 0.6 is 0 Å². The molecule has 8 nitrogen and oxygen atoms in total. The van der Waals surface area contributed by atoms with Gasteiger partial charge in [0.1, 0.15) is 11.6 Å². The second kappa shape index (κ2) is 10.4. The predicted molar refractivity (Wildman–Crippen MR) is 110 cm³/mol. The van der Waals surface area contributed by atoms with Gasteiger partial charge >= 0.3 is 0 Å². The van der Waals surface area contributed by atoms with Crippen molar-refractivity contribution in [2.45, 2.75) is 77.8 Å². The van der Waals surface area contributed by atoms with Gasteiger partial charge in [0.25, 0.3) is 0 Å². The first-order chi connectivity index (χ1) is 13.7. The average Bonchev–Trinajstić information content (AvgIpc) is 3.25. The van der Waals surface area contributed by atoms with E-state index in [1.165, 1.54) is 19.3 Å². The minimum absolute atomic E-state index is 0.235. The average molecular weight is 390 g/mol. The predicted octanol–water partition coefficient (Wildman–Crippen LogP) is 1.50. The Hall–Kier alpha value is -2.12. The van der Waals surface area contributed by atoms with Crippen molar-refractivity contribution < 1.29 is 4.79 Å². The Morgan fingerprint density at radius 1 is 1.21 bits per heavy atom. The Morgan fingerprint density at radius 2 is 2.11 bits per heavy atom. The number of fused-ring (bicyclic) bond motifs is 1. The molecular formula is C20H35N7O. The van der Waals surface area contributed by atoms with Crippen LogP contribution in [0.2, 0.25) is 0 Å². The normalized spacial score (nSPS) is 20.0. The SMILES string of the molecule is CCNC(=NCCCc1nnc2n1CCCCC2)NC1CCN(C(=O)CC)C1. The van der Waals surface area contributed by atoms with E-state index < -0.39 is 0 Å². The number of carbonyl (C=O) groups is 1. The van der Waals surface area contributed by atoms with Gasteiger partial charge in [0.15, 0.2) is 5.96 Å². The summed E-state index contributed by atoms with van der Waals surface area (Å²) < 4.78 is 2.32.